The Morgan fingerprint density at radius 2 is 1.87 bits per heavy atom. The molecule has 0 aromatic heterocycles. The van der Waals surface area contributed by atoms with E-state index in [-0.39, 0.29) is 6.61 Å². The number of rotatable bonds is 6. The lowest BCUT2D eigenvalue weighted by atomic mass is 10.0. The Labute approximate surface area is 92.3 Å². The largest absolute Gasteiger partial charge is 0.396 e. The molecule has 0 aliphatic carbocycles. The van der Waals surface area contributed by atoms with Crippen LogP contribution in [0, 0.1) is 5.92 Å². The van der Waals surface area contributed by atoms with E-state index in [1.165, 1.54) is 0 Å². The summed E-state index contributed by atoms with van der Waals surface area (Å²) in [7, 11) is 0. The van der Waals surface area contributed by atoms with Gasteiger partial charge in [0.1, 0.15) is 0 Å². The normalized spacial score (nSPS) is 12.8. The van der Waals surface area contributed by atoms with Crippen LogP contribution in [0.1, 0.15) is 26.7 Å². The molecule has 1 atom stereocenters. The van der Waals surface area contributed by atoms with Crippen LogP contribution >= 0.6 is 0 Å². The van der Waals surface area contributed by atoms with Gasteiger partial charge in [0.05, 0.1) is 0 Å². The standard InChI is InChI=1S/C13H21NO/c1-11(2)10-13(8-9-15)14-12-6-4-3-5-7-12/h3-7,11,13-15H,8-10H2,1-2H3. The van der Waals surface area contributed by atoms with Crippen molar-refractivity contribution in [2.45, 2.75) is 32.7 Å². The second-order valence-corrected chi connectivity index (χ2v) is 4.35. The SMILES string of the molecule is CC(C)CC(CCO)Nc1ccccc1. The van der Waals surface area contributed by atoms with Crippen molar-refractivity contribution in [3.8, 4) is 0 Å². The summed E-state index contributed by atoms with van der Waals surface area (Å²) in [6.07, 6.45) is 1.91. The molecule has 0 heterocycles. The first-order valence-electron chi connectivity index (χ1n) is 5.65. The van der Waals surface area contributed by atoms with Crippen molar-refractivity contribution < 1.29 is 5.11 Å². The first-order chi connectivity index (χ1) is 7.22. The number of aliphatic hydroxyl groups excluding tert-OH is 1. The van der Waals surface area contributed by atoms with Crippen LogP contribution in [0.5, 0.6) is 0 Å². The zero-order chi connectivity index (χ0) is 11.1. The molecule has 0 saturated heterocycles. The fourth-order valence-electron chi connectivity index (χ4n) is 1.74. The van der Waals surface area contributed by atoms with Gasteiger partial charge in [0.15, 0.2) is 0 Å². The summed E-state index contributed by atoms with van der Waals surface area (Å²) in [5.74, 6) is 0.651. The summed E-state index contributed by atoms with van der Waals surface area (Å²) in [5.41, 5.74) is 1.14. The van der Waals surface area contributed by atoms with E-state index in [9.17, 15) is 0 Å². The molecule has 1 rings (SSSR count). The predicted octanol–water partition coefficient (Wildman–Crippen LogP) is 2.90. The maximum atomic E-state index is 8.99. The number of anilines is 1. The quantitative estimate of drug-likeness (QED) is 0.751. The minimum absolute atomic E-state index is 0.247. The van der Waals surface area contributed by atoms with Crippen LogP contribution in [0.15, 0.2) is 30.3 Å². The molecule has 0 spiro atoms. The van der Waals surface area contributed by atoms with Crippen molar-refractivity contribution in [3.63, 3.8) is 0 Å². The minimum Gasteiger partial charge on any atom is -0.396 e. The van der Waals surface area contributed by atoms with Gasteiger partial charge in [0.2, 0.25) is 0 Å². The molecule has 2 heteroatoms. The lowest BCUT2D eigenvalue weighted by Gasteiger charge is -2.20. The van der Waals surface area contributed by atoms with Gasteiger partial charge in [0, 0.05) is 18.3 Å². The van der Waals surface area contributed by atoms with Gasteiger partial charge >= 0.3 is 0 Å². The summed E-state index contributed by atoms with van der Waals surface area (Å²) in [4.78, 5) is 0. The zero-order valence-corrected chi connectivity index (χ0v) is 9.61. The van der Waals surface area contributed by atoms with Crippen molar-refractivity contribution in [2.75, 3.05) is 11.9 Å². The Kier molecular flexibility index (Phi) is 5.19. The van der Waals surface area contributed by atoms with Crippen molar-refractivity contribution >= 4 is 5.69 Å². The van der Waals surface area contributed by atoms with Crippen LogP contribution in [0.3, 0.4) is 0 Å². The van der Waals surface area contributed by atoms with Gasteiger partial charge in [-0.2, -0.15) is 0 Å². The van der Waals surface area contributed by atoms with E-state index in [1.54, 1.807) is 0 Å². The van der Waals surface area contributed by atoms with E-state index in [0.29, 0.717) is 12.0 Å². The highest BCUT2D eigenvalue weighted by Crippen LogP contribution is 2.14. The Bertz CT molecular complexity index is 258. The van der Waals surface area contributed by atoms with Gasteiger partial charge in [-0.3, -0.25) is 0 Å². The molecule has 1 aromatic rings. The molecule has 0 aliphatic heterocycles. The van der Waals surface area contributed by atoms with Gasteiger partial charge in [-0.15, -0.1) is 0 Å². The average molecular weight is 207 g/mol. The Morgan fingerprint density at radius 3 is 2.40 bits per heavy atom. The molecule has 84 valence electrons. The fraction of sp³-hybridized carbons (Fsp3) is 0.538. The van der Waals surface area contributed by atoms with Crippen molar-refractivity contribution in [3.05, 3.63) is 30.3 Å². The average Bonchev–Trinajstić information content (AvgIpc) is 2.18. The van der Waals surface area contributed by atoms with E-state index in [1.807, 2.05) is 18.2 Å². The lowest BCUT2D eigenvalue weighted by molar-refractivity contribution is 0.272. The molecule has 0 aliphatic rings. The van der Waals surface area contributed by atoms with Crippen molar-refractivity contribution in [2.24, 2.45) is 5.92 Å². The number of hydrogen-bond acceptors (Lipinski definition) is 2. The maximum absolute atomic E-state index is 8.99. The first kappa shape index (κ1) is 12.1. The van der Waals surface area contributed by atoms with Gasteiger partial charge in [-0.25, -0.2) is 0 Å². The summed E-state index contributed by atoms with van der Waals surface area (Å²) >= 11 is 0. The monoisotopic (exact) mass is 207 g/mol. The van der Waals surface area contributed by atoms with Crippen LogP contribution in [0.2, 0.25) is 0 Å². The zero-order valence-electron chi connectivity index (χ0n) is 9.61. The number of para-hydroxylation sites is 1. The molecule has 1 aromatic carbocycles. The predicted molar refractivity (Wildman–Crippen MR) is 65.0 cm³/mol. The van der Waals surface area contributed by atoms with Crippen molar-refractivity contribution in [1.82, 2.24) is 0 Å². The van der Waals surface area contributed by atoms with E-state index < -0.39 is 0 Å². The van der Waals surface area contributed by atoms with E-state index in [0.717, 1.165) is 18.5 Å². The molecule has 0 bridgehead atoms. The van der Waals surface area contributed by atoms with E-state index >= 15 is 0 Å². The van der Waals surface area contributed by atoms with Crippen LogP contribution < -0.4 is 5.32 Å². The van der Waals surface area contributed by atoms with Crippen LogP contribution in [-0.4, -0.2) is 17.8 Å². The Hall–Kier alpha value is -1.02. The summed E-state index contributed by atoms with van der Waals surface area (Å²) in [5, 5.41) is 12.4. The minimum atomic E-state index is 0.247. The molecular weight excluding hydrogens is 186 g/mol. The molecule has 15 heavy (non-hydrogen) atoms. The molecular formula is C13H21NO. The number of nitrogens with one attached hydrogen (secondary N) is 1. The number of benzene rings is 1. The third kappa shape index (κ3) is 4.84. The molecule has 1 unspecified atom stereocenters. The van der Waals surface area contributed by atoms with Crippen LogP contribution in [0.4, 0.5) is 5.69 Å². The summed E-state index contributed by atoms with van der Waals surface area (Å²) < 4.78 is 0. The molecule has 2 nitrogen and oxygen atoms in total. The van der Waals surface area contributed by atoms with Crippen LogP contribution in [-0.2, 0) is 0 Å². The van der Waals surface area contributed by atoms with Gasteiger partial charge in [-0.05, 0) is 30.9 Å². The number of aliphatic hydroxyl groups is 1. The van der Waals surface area contributed by atoms with Gasteiger partial charge < -0.3 is 10.4 Å². The summed E-state index contributed by atoms with van der Waals surface area (Å²) in [6.45, 7) is 4.66. The highest BCUT2D eigenvalue weighted by molar-refractivity contribution is 5.43. The number of hydrogen-bond donors (Lipinski definition) is 2. The van der Waals surface area contributed by atoms with Gasteiger partial charge in [-0.1, -0.05) is 32.0 Å². The molecule has 0 saturated carbocycles. The fourth-order valence-corrected chi connectivity index (χ4v) is 1.74. The highest BCUT2D eigenvalue weighted by atomic mass is 16.3. The Morgan fingerprint density at radius 1 is 1.20 bits per heavy atom. The van der Waals surface area contributed by atoms with Crippen LogP contribution in [0.25, 0.3) is 0 Å². The van der Waals surface area contributed by atoms with E-state index in [2.05, 4.69) is 31.3 Å². The van der Waals surface area contributed by atoms with Gasteiger partial charge in [0.25, 0.3) is 0 Å². The topological polar surface area (TPSA) is 32.3 Å². The maximum Gasteiger partial charge on any atom is 0.0450 e. The Balaban J connectivity index is 2.50. The van der Waals surface area contributed by atoms with Crippen molar-refractivity contribution in [1.29, 1.82) is 0 Å². The first-order valence-corrected chi connectivity index (χ1v) is 5.65. The molecule has 2 N–H and O–H groups in total. The molecule has 0 radical (unpaired) electrons. The third-order valence-electron chi connectivity index (χ3n) is 2.38. The lowest BCUT2D eigenvalue weighted by Crippen LogP contribution is -2.22. The molecule has 0 amide bonds. The summed E-state index contributed by atoms with van der Waals surface area (Å²) in [6, 6.07) is 10.5. The second kappa shape index (κ2) is 6.46. The smallest absolute Gasteiger partial charge is 0.0450 e. The third-order valence-corrected chi connectivity index (χ3v) is 2.38. The van der Waals surface area contributed by atoms with E-state index in [4.69, 9.17) is 5.11 Å². The second-order valence-electron chi connectivity index (χ2n) is 4.35. The molecule has 0 fully saturated rings. The highest BCUT2D eigenvalue weighted by Gasteiger charge is 2.09.